The Bertz CT molecular complexity index is 737. The van der Waals surface area contributed by atoms with Crippen LogP contribution in [0.2, 0.25) is 0 Å². The van der Waals surface area contributed by atoms with Gasteiger partial charge < -0.3 is 9.64 Å². The molecule has 1 aliphatic carbocycles. The van der Waals surface area contributed by atoms with Gasteiger partial charge in [0.2, 0.25) is 0 Å². The first-order chi connectivity index (χ1) is 11.4. The largest absolute Gasteiger partial charge is 0.452 e. The highest BCUT2D eigenvalue weighted by Gasteiger charge is 2.42. The molecule has 2 fully saturated rings. The van der Waals surface area contributed by atoms with Crippen molar-refractivity contribution < 1.29 is 22.7 Å². The van der Waals surface area contributed by atoms with Crippen molar-refractivity contribution in [1.82, 2.24) is 4.90 Å². The molecule has 24 heavy (non-hydrogen) atoms. The molecule has 0 unspecified atom stereocenters. The number of benzene rings is 1. The summed E-state index contributed by atoms with van der Waals surface area (Å²) in [6.45, 7) is 1.57. The van der Waals surface area contributed by atoms with E-state index in [0.29, 0.717) is 12.0 Å². The Morgan fingerprint density at radius 1 is 1.12 bits per heavy atom. The first-order valence-electron chi connectivity index (χ1n) is 8.11. The highest BCUT2D eigenvalue weighted by Crippen LogP contribution is 2.32. The number of carbonyl (C=O) groups is 2. The molecule has 0 aromatic heterocycles. The van der Waals surface area contributed by atoms with Crippen molar-refractivity contribution in [2.75, 3.05) is 18.1 Å². The maximum atomic E-state index is 12.5. The molecule has 0 bridgehead atoms. The van der Waals surface area contributed by atoms with Gasteiger partial charge in [0, 0.05) is 12.1 Å². The molecule has 6 nitrogen and oxygen atoms in total. The van der Waals surface area contributed by atoms with E-state index in [2.05, 4.69) is 0 Å². The number of esters is 1. The number of aryl methyl sites for hydroxylation is 1. The minimum absolute atomic E-state index is 0.0150. The van der Waals surface area contributed by atoms with Gasteiger partial charge in [-0.25, -0.2) is 13.2 Å². The summed E-state index contributed by atoms with van der Waals surface area (Å²) in [5.41, 5.74) is 1.43. The molecule has 2 aliphatic rings. The third-order valence-electron chi connectivity index (χ3n) is 4.44. The van der Waals surface area contributed by atoms with Crippen LogP contribution in [0.4, 0.5) is 0 Å². The zero-order valence-electron chi connectivity index (χ0n) is 13.6. The summed E-state index contributed by atoms with van der Waals surface area (Å²) < 4.78 is 28.5. The van der Waals surface area contributed by atoms with E-state index < -0.39 is 15.8 Å². The molecule has 3 rings (SSSR count). The number of rotatable bonds is 5. The summed E-state index contributed by atoms with van der Waals surface area (Å²) in [5, 5.41) is 0. The van der Waals surface area contributed by atoms with Crippen molar-refractivity contribution in [3.8, 4) is 0 Å². The van der Waals surface area contributed by atoms with Gasteiger partial charge in [0.1, 0.15) is 0 Å². The van der Waals surface area contributed by atoms with Crippen LogP contribution in [-0.2, 0) is 19.4 Å². The zero-order chi connectivity index (χ0) is 17.3. The average Bonchev–Trinajstić information content (AvgIpc) is 3.29. The van der Waals surface area contributed by atoms with E-state index in [1.54, 1.807) is 29.2 Å². The normalized spacial score (nSPS) is 22.1. The molecule has 1 saturated heterocycles. The second-order valence-electron chi connectivity index (χ2n) is 6.53. The molecule has 1 amide bonds. The molecule has 130 valence electrons. The van der Waals surface area contributed by atoms with Crippen molar-refractivity contribution in [2.24, 2.45) is 0 Å². The molecule has 0 radical (unpaired) electrons. The van der Waals surface area contributed by atoms with Crippen LogP contribution in [0.25, 0.3) is 0 Å². The van der Waals surface area contributed by atoms with Gasteiger partial charge in [0.15, 0.2) is 16.4 Å². The van der Waals surface area contributed by atoms with Crippen LogP contribution in [0.5, 0.6) is 0 Å². The van der Waals surface area contributed by atoms with Gasteiger partial charge in [-0.05, 0) is 38.3 Å². The predicted octanol–water partition coefficient (Wildman–Crippen LogP) is 1.33. The third-order valence-corrected chi connectivity index (χ3v) is 6.19. The molecular formula is C17H21NO5S. The van der Waals surface area contributed by atoms with Crippen molar-refractivity contribution in [2.45, 2.75) is 38.3 Å². The standard InChI is InChI=1S/C17H21NO5S/c1-12-2-4-13(5-3-12)17(20)23-10-16(19)18(14-6-7-14)15-8-9-24(21,22)11-15/h2-5,14-15H,6-11H2,1H3/t15-/m1/s1. The molecule has 1 saturated carbocycles. The Kier molecular flexibility index (Phi) is 4.62. The average molecular weight is 351 g/mol. The van der Waals surface area contributed by atoms with E-state index in [4.69, 9.17) is 4.74 Å². The molecule has 1 atom stereocenters. The van der Waals surface area contributed by atoms with Crippen molar-refractivity contribution >= 4 is 21.7 Å². The summed E-state index contributed by atoms with van der Waals surface area (Å²) in [4.78, 5) is 26.1. The fourth-order valence-corrected chi connectivity index (χ4v) is 4.74. The van der Waals surface area contributed by atoms with Gasteiger partial charge in [0.25, 0.3) is 5.91 Å². The Balaban J connectivity index is 1.60. The fraction of sp³-hybridized carbons (Fsp3) is 0.529. The number of ether oxygens (including phenoxy) is 1. The molecule has 1 aromatic rings. The van der Waals surface area contributed by atoms with Gasteiger partial charge >= 0.3 is 5.97 Å². The van der Waals surface area contributed by atoms with Crippen LogP contribution < -0.4 is 0 Å². The Hall–Kier alpha value is -1.89. The van der Waals surface area contributed by atoms with Crippen LogP contribution >= 0.6 is 0 Å². The second-order valence-corrected chi connectivity index (χ2v) is 8.76. The monoisotopic (exact) mass is 351 g/mol. The van der Waals surface area contributed by atoms with Crippen molar-refractivity contribution in [3.63, 3.8) is 0 Å². The van der Waals surface area contributed by atoms with E-state index in [0.717, 1.165) is 18.4 Å². The Morgan fingerprint density at radius 3 is 2.33 bits per heavy atom. The van der Waals surface area contributed by atoms with Crippen molar-refractivity contribution in [1.29, 1.82) is 0 Å². The first-order valence-corrected chi connectivity index (χ1v) is 9.93. The van der Waals surface area contributed by atoms with Crippen LogP contribution in [-0.4, -0.2) is 55.4 Å². The lowest BCUT2D eigenvalue weighted by Gasteiger charge is -2.28. The molecule has 1 aromatic carbocycles. The molecular weight excluding hydrogens is 330 g/mol. The van der Waals surface area contributed by atoms with Gasteiger partial charge in [0.05, 0.1) is 17.1 Å². The topological polar surface area (TPSA) is 80.8 Å². The molecule has 7 heteroatoms. The Morgan fingerprint density at radius 2 is 1.79 bits per heavy atom. The lowest BCUT2D eigenvalue weighted by Crippen LogP contribution is -2.44. The number of amides is 1. The van der Waals surface area contributed by atoms with E-state index >= 15 is 0 Å². The van der Waals surface area contributed by atoms with E-state index in [1.165, 1.54) is 0 Å². The quantitative estimate of drug-likeness (QED) is 0.748. The minimum Gasteiger partial charge on any atom is -0.452 e. The van der Waals surface area contributed by atoms with Crippen LogP contribution in [0, 0.1) is 6.92 Å². The van der Waals surface area contributed by atoms with Crippen LogP contribution in [0.3, 0.4) is 0 Å². The molecule has 0 spiro atoms. The summed E-state index contributed by atoms with van der Waals surface area (Å²) in [6.07, 6.45) is 2.23. The summed E-state index contributed by atoms with van der Waals surface area (Å²) in [5.74, 6) is -0.712. The van der Waals surface area contributed by atoms with Gasteiger partial charge in [-0.2, -0.15) is 0 Å². The third kappa shape index (κ3) is 3.95. The SMILES string of the molecule is Cc1ccc(C(=O)OCC(=O)N(C2CC2)[C@@H]2CCS(=O)(=O)C2)cc1. The number of sulfone groups is 1. The summed E-state index contributed by atoms with van der Waals surface area (Å²) >= 11 is 0. The summed E-state index contributed by atoms with van der Waals surface area (Å²) in [7, 11) is -3.06. The maximum absolute atomic E-state index is 12.5. The minimum atomic E-state index is -3.06. The number of hydrogen-bond acceptors (Lipinski definition) is 5. The summed E-state index contributed by atoms with van der Waals surface area (Å²) in [6, 6.07) is 6.73. The Labute approximate surface area is 141 Å². The lowest BCUT2D eigenvalue weighted by molar-refractivity contribution is -0.137. The molecule has 1 heterocycles. The number of hydrogen-bond donors (Lipinski definition) is 0. The van der Waals surface area contributed by atoms with Crippen LogP contribution in [0.1, 0.15) is 35.2 Å². The lowest BCUT2D eigenvalue weighted by atomic mass is 10.1. The molecule has 1 aliphatic heterocycles. The second kappa shape index (κ2) is 6.55. The zero-order valence-corrected chi connectivity index (χ0v) is 14.4. The molecule has 0 N–H and O–H groups in total. The highest BCUT2D eigenvalue weighted by molar-refractivity contribution is 7.91. The van der Waals surface area contributed by atoms with E-state index in [1.807, 2.05) is 6.92 Å². The van der Waals surface area contributed by atoms with Gasteiger partial charge in [-0.15, -0.1) is 0 Å². The van der Waals surface area contributed by atoms with Crippen LogP contribution in [0.15, 0.2) is 24.3 Å². The first kappa shape index (κ1) is 17.0. The predicted molar refractivity (Wildman–Crippen MR) is 88.4 cm³/mol. The highest BCUT2D eigenvalue weighted by atomic mass is 32.2. The fourth-order valence-electron chi connectivity index (χ4n) is 3.03. The maximum Gasteiger partial charge on any atom is 0.338 e. The number of carbonyl (C=O) groups excluding carboxylic acids is 2. The van der Waals surface area contributed by atoms with E-state index in [9.17, 15) is 18.0 Å². The van der Waals surface area contributed by atoms with Crippen molar-refractivity contribution in [3.05, 3.63) is 35.4 Å². The van der Waals surface area contributed by atoms with E-state index in [-0.39, 0.29) is 36.1 Å². The van der Waals surface area contributed by atoms with Gasteiger partial charge in [-0.3, -0.25) is 4.79 Å². The number of nitrogens with zero attached hydrogens (tertiary/aromatic N) is 1. The van der Waals surface area contributed by atoms with Gasteiger partial charge in [-0.1, -0.05) is 17.7 Å². The smallest absolute Gasteiger partial charge is 0.338 e.